The summed E-state index contributed by atoms with van der Waals surface area (Å²) < 4.78 is 5.68. The zero-order chi connectivity index (χ0) is 10.3. The van der Waals surface area contributed by atoms with Crippen molar-refractivity contribution in [2.75, 3.05) is 6.61 Å². The Bertz CT molecular complexity index is 113. The number of hydrogen-bond acceptors (Lipinski definition) is 1. The van der Waals surface area contributed by atoms with E-state index in [-0.39, 0.29) is 5.60 Å². The quantitative estimate of drug-likeness (QED) is 0.609. The molecular weight excluding hydrogens is 160 g/mol. The number of unbranched alkanes of at least 4 members (excludes halogenated alkanes) is 1. The van der Waals surface area contributed by atoms with E-state index in [2.05, 4.69) is 34.6 Å². The van der Waals surface area contributed by atoms with Gasteiger partial charge in [0.1, 0.15) is 0 Å². The predicted octanol–water partition coefficient (Wildman–Crippen LogP) is 4.02. The van der Waals surface area contributed by atoms with E-state index in [0.717, 1.165) is 12.5 Å². The Morgan fingerprint density at radius 1 is 1.15 bits per heavy atom. The highest BCUT2D eigenvalue weighted by Gasteiger charge is 2.10. The van der Waals surface area contributed by atoms with Gasteiger partial charge in [0.15, 0.2) is 0 Å². The molecule has 0 aliphatic heterocycles. The van der Waals surface area contributed by atoms with E-state index in [4.69, 9.17) is 4.74 Å². The monoisotopic (exact) mass is 186 g/mol. The molecular formula is C12H26O. The van der Waals surface area contributed by atoms with Crippen LogP contribution in [-0.4, -0.2) is 12.2 Å². The Kier molecular flexibility index (Phi) is 6.40. The highest BCUT2D eigenvalue weighted by atomic mass is 16.5. The van der Waals surface area contributed by atoms with Crippen LogP contribution in [0.3, 0.4) is 0 Å². The lowest BCUT2D eigenvalue weighted by atomic mass is 10.0. The maximum absolute atomic E-state index is 5.68. The van der Waals surface area contributed by atoms with E-state index in [1.54, 1.807) is 0 Å². The average molecular weight is 186 g/mol. The highest BCUT2D eigenvalue weighted by molar-refractivity contribution is 4.60. The molecule has 0 heterocycles. The van der Waals surface area contributed by atoms with Crippen LogP contribution in [0.25, 0.3) is 0 Å². The molecule has 0 radical (unpaired) electrons. The summed E-state index contributed by atoms with van der Waals surface area (Å²) in [5.41, 5.74) is 0.0322. The minimum atomic E-state index is 0.0322. The molecule has 1 atom stereocenters. The van der Waals surface area contributed by atoms with Crippen LogP contribution in [0.2, 0.25) is 0 Å². The van der Waals surface area contributed by atoms with E-state index < -0.39 is 0 Å². The van der Waals surface area contributed by atoms with Crippen molar-refractivity contribution in [3.8, 4) is 0 Å². The minimum absolute atomic E-state index is 0.0322. The lowest BCUT2D eigenvalue weighted by Crippen LogP contribution is -2.20. The van der Waals surface area contributed by atoms with Crippen molar-refractivity contribution in [2.45, 2.75) is 65.9 Å². The van der Waals surface area contributed by atoms with Crippen LogP contribution in [0.1, 0.15) is 60.3 Å². The summed E-state index contributed by atoms with van der Waals surface area (Å²) in [6.07, 6.45) is 5.22. The molecule has 0 saturated carbocycles. The Hall–Kier alpha value is -0.0400. The molecule has 0 fully saturated rings. The van der Waals surface area contributed by atoms with Crippen LogP contribution >= 0.6 is 0 Å². The topological polar surface area (TPSA) is 9.23 Å². The van der Waals surface area contributed by atoms with E-state index in [9.17, 15) is 0 Å². The van der Waals surface area contributed by atoms with Gasteiger partial charge >= 0.3 is 0 Å². The molecule has 0 aliphatic carbocycles. The van der Waals surface area contributed by atoms with Crippen molar-refractivity contribution >= 4 is 0 Å². The summed E-state index contributed by atoms with van der Waals surface area (Å²) in [6.45, 7) is 11.8. The second kappa shape index (κ2) is 6.42. The largest absolute Gasteiger partial charge is 0.376 e. The van der Waals surface area contributed by atoms with E-state index in [1.165, 1.54) is 25.7 Å². The molecule has 0 rings (SSSR count). The zero-order valence-electron chi connectivity index (χ0n) is 10.0. The number of rotatable bonds is 6. The molecule has 0 amide bonds. The standard InChI is InChI=1S/C12H26O/c1-6-7-8-11(2)9-10-13-12(3,4)5/h11H,6-10H2,1-5H3. The van der Waals surface area contributed by atoms with Crippen LogP contribution in [-0.2, 0) is 4.74 Å². The Morgan fingerprint density at radius 2 is 1.77 bits per heavy atom. The first-order valence-corrected chi connectivity index (χ1v) is 5.59. The summed E-state index contributed by atoms with van der Waals surface area (Å²) in [6, 6.07) is 0. The smallest absolute Gasteiger partial charge is 0.0598 e. The Balaban J connectivity index is 3.31. The first-order chi connectivity index (χ1) is 5.95. The van der Waals surface area contributed by atoms with Gasteiger partial charge in [0.05, 0.1) is 5.60 Å². The highest BCUT2D eigenvalue weighted by Crippen LogP contribution is 2.14. The molecule has 80 valence electrons. The third-order valence-electron chi connectivity index (χ3n) is 2.20. The van der Waals surface area contributed by atoms with Gasteiger partial charge in [-0.05, 0) is 33.1 Å². The molecule has 0 aromatic heterocycles. The van der Waals surface area contributed by atoms with Gasteiger partial charge < -0.3 is 4.74 Å². The Labute approximate surface area is 83.9 Å². The van der Waals surface area contributed by atoms with Crippen LogP contribution in [0.4, 0.5) is 0 Å². The van der Waals surface area contributed by atoms with Gasteiger partial charge in [0.2, 0.25) is 0 Å². The molecule has 0 aromatic carbocycles. The zero-order valence-corrected chi connectivity index (χ0v) is 10.0. The first kappa shape index (κ1) is 13.0. The molecule has 0 N–H and O–H groups in total. The van der Waals surface area contributed by atoms with Gasteiger partial charge in [-0.25, -0.2) is 0 Å². The third kappa shape index (κ3) is 9.88. The SMILES string of the molecule is CCCCC(C)CCOC(C)(C)C. The summed E-state index contributed by atoms with van der Waals surface area (Å²) >= 11 is 0. The second-order valence-corrected chi connectivity index (χ2v) is 5.00. The van der Waals surface area contributed by atoms with Gasteiger partial charge in [-0.1, -0.05) is 33.1 Å². The van der Waals surface area contributed by atoms with Crippen LogP contribution in [0.5, 0.6) is 0 Å². The van der Waals surface area contributed by atoms with Crippen molar-refractivity contribution in [3.63, 3.8) is 0 Å². The van der Waals surface area contributed by atoms with Crippen molar-refractivity contribution in [3.05, 3.63) is 0 Å². The van der Waals surface area contributed by atoms with Crippen LogP contribution < -0.4 is 0 Å². The maximum Gasteiger partial charge on any atom is 0.0598 e. The fourth-order valence-corrected chi connectivity index (χ4v) is 1.26. The van der Waals surface area contributed by atoms with Gasteiger partial charge in [-0.2, -0.15) is 0 Å². The van der Waals surface area contributed by atoms with Crippen LogP contribution in [0, 0.1) is 5.92 Å². The summed E-state index contributed by atoms with van der Waals surface area (Å²) in [5, 5.41) is 0. The minimum Gasteiger partial charge on any atom is -0.376 e. The second-order valence-electron chi connectivity index (χ2n) is 5.00. The van der Waals surface area contributed by atoms with Gasteiger partial charge in [0, 0.05) is 6.61 Å². The predicted molar refractivity (Wildman–Crippen MR) is 59.0 cm³/mol. The van der Waals surface area contributed by atoms with Crippen molar-refractivity contribution in [1.29, 1.82) is 0 Å². The molecule has 0 aromatic rings. The van der Waals surface area contributed by atoms with Crippen molar-refractivity contribution < 1.29 is 4.74 Å². The van der Waals surface area contributed by atoms with Crippen molar-refractivity contribution in [1.82, 2.24) is 0 Å². The lowest BCUT2D eigenvalue weighted by molar-refractivity contribution is -0.00887. The molecule has 0 bridgehead atoms. The third-order valence-corrected chi connectivity index (χ3v) is 2.20. The number of hydrogen-bond donors (Lipinski definition) is 0. The normalized spacial score (nSPS) is 14.5. The van der Waals surface area contributed by atoms with Crippen molar-refractivity contribution in [2.24, 2.45) is 5.92 Å². The molecule has 0 aliphatic rings. The molecule has 1 nitrogen and oxygen atoms in total. The average Bonchev–Trinajstić information content (AvgIpc) is 1.98. The lowest BCUT2D eigenvalue weighted by Gasteiger charge is -2.20. The van der Waals surface area contributed by atoms with Gasteiger partial charge in [-0.3, -0.25) is 0 Å². The van der Waals surface area contributed by atoms with Crippen LogP contribution in [0.15, 0.2) is 0 Å². The maximum atomic E-state index is 5.68. The molecule has 0 saturated heterocycles. The number of ether oxygens (including phenoxy) is 1. The molecule has 1 heteroatoms. The van der Waals surface area contributed by atoms with E-state index >= 15 is 0 Å². The summed E-state index contributed by atoms with van der Waals surface area (Å²) in [5.74, 6) is 0.822. The molecule has 1 unspecified atom stereocenters. The molecule has 13 heavy (non-hydrogen) atoms. The fraction of sp³-hybridized carbons (Fsp3) is 1.00. The fourth-order valence-electron chi connectivity index (χ4n) is 1.26. The van der Waals surface area contributed by atoms with Gasteiger partial charge in [0.25, 0.3) is 0 Å². The van der Waals surface area contributed by atoms with Gasteiger partial charge in [-0.15, -0.1) is 0 Å². The summed E-state index contributed by atoms with van der Waals surface area (Å²) in [4.78, 5) is 0. The van der Waals surface area contributed by atoms with E-state index in [0.29, 0.717) is 0 Å². The first-order valence-electron chi connectivity index (χ1n) is 5.59. The molecule has 0 spiro atoms. The summed E-state index contributed by atoms with van der Waals surface area (Å²) in [7, 11) is 0. The Morgan fingerprint density at radius 3 is 2.23 bits per heavy atom. The van der Waals surface area contributed by atoms with E-state index in [1.807, 2.05) is 0 Å².